The standard InChI is InChI=1S/C17H12N2O4/c20-15(13-9-18-14-4-2-1-3-12(13)14)16(21)19-11-7-5-10(6-8-11)17(22)23/h1-9,18H,(H,19,21)(H,22,23). The van der Waals surface area contributed by atoms with Gasteiger partial charge < -0.3 is 15.4 Å². The highest BCUT2D eigenvalue weighted by Gasteiger charge is 2.20. The Labute approximate surface area is 130 Å². The molecule has 23 heavy (non-hydrogen) atoms. The number of rotatable bonds is 4. The van der Waals surface area contributed by atoms with Gasteiger partial charge in [-0.25, -0.2) is 4.79 Å². The third kappa shape index (κ3) is 2.82. The number of aromatic carboxylic acids is 1. The van der Waals surface area contributed by atoms with E-state index in [2.05, 4.69) is 10.3 Å². The van der Waals surface area contributed by atoms with Crippen molar-refractivity contribution in [1.29, 1.82) is 0 Å². The average molecular weight is 308 g/mol. The van der Waals surface area contributed by atoms with Crippen LogP contribution >= 0.6 is 0 Å². The summed E-state index contributed by atoms with van der Waals surface area (Å²) in [4.78, 5) is 38.1. The van der Waals surface area contributed by atoms with Gasteiger partial charge in [-0.3, -0.25) is 9.59 Å². The second-order valence-electron chi connectivity index (χ2n) is 4.91. The molecule has 0 aliphatic heterocycles. The van der Waals surface area contributed by atoms with Crippen LogP contribution in [0.1, 0.15) is 20.7 Å². The first kappa shape index (κ1) is 14.5. The number of aromatic nitrogens is 1. The number of fused-ring (bicyclic) bond motifs is 1. The predicted molar refractivity (Wildman–Crippen MR) is 84.7 cm³/mol. The minimum Gasteiger partial charge on any atom is -0.478 e. The maximum atomic E-state index is 12.3. The van der Waals surface area contributed by atoms with E-state index >= 15 is 0 Å². The summed E-state index contributed by atoms with van der Waals surface area (Å²) in [6.07, 6.45) is 1.50. The van der Waals surface area contributed by atoms with Crippen LogP contribution in [0, 0.1) is 0 Å². The number of amides is 1. The van der Waals surface area contributed by atoms with Crippen molar-refractivity contribution in [1.82, 2.24) is 4.98 Å². The van der Waals surface area contributed by atoms with Crippen molar-refractivity contribution in [2.75, 3.05) is 5.32 Å². The SMILES string of the molecule is O=C(Nc1ccc(C(=O)O)cc1)C(=O)c1c[nH]c2ccccc12. The molecule has 6 heteroatoms. The van der Waals surface area contributed by atoms with Crippen LogP contribution in [0.3, 0.4) is 0 Å². The normalized spacial score (nSPS) is 10.4. The average Bonchev–Trinajstić information content (AvgIpc) is 2.98. The molecular weight excluding hydrogens is 296 g/mol. The first-order chi connectivity index (χ1) is 11.1. The number of carboxylic acids is 1. The lowest BCUT2D eigenvalue weighted by Crippen LogP contribution is -2.22. The third-order valence-electron chi connectivity index (χ3n) is 3.43. The lowest BCUT2D eigenvalue weighted by molar-refractivity contribution is -0.112. The zero-order valence-electron chi connectivity index (χ0n) is 11.9. The van der Waals surface area contributed by atoms with Crippen molar-refractivity contribution in [3.63, 3.8) is 0 Å². The summed E-state index contributed by atoms with van der Waals surface area (Å²) in [5.74, 6) is -2.50. The van der Waals surface area contributed by atoms with Crippen LogP contribution in [0.2, 0.25) is 0 Å². The zero-order chi connectivity index (χ0) is 16.4. The number of hydrogen-bond donors (Lipinski definition) is 3. The molecule has 1 aromatic heterocycles. The van der Waals surface area contributed by atoms with Crippen molar-refractivity contribution in [2.24, 2.45) is 0 Å². The molecule has 0 aliphatic carbocycles. The van der Waals surface area contributed by atoms with E-state index < -0.39 is 17.7 Å². The summed E-state index contributed by atoms with van der Waals surface area (Å²) in [5, 5.41) is 12.0. The Morgan fingerprint density at radius 3 is 2.35 bits per heavy atom. The summed E-state index contributed by atoms with van der Waals surface area (Å²) >= 11 is 0. The predicted octanol–water partition coefficient (Wildman–Crippen LogP) is 2.69. The number of hydrogen-bond acceptors (Lipinski definition) is 3. The number of aromatic amines is 1. The molecule has 3 aromatic rings. The topological polar surface area (TPSA) is 99.3 Å². The van der Waals surface area contributed by atoms with Gasteiger partial charge in [-0.2, -0.15) is 0 Å². The number of ketones is 1. The maximum absolute atomic E-state index is 12.3. The maximum Gasteiger partial charge on any atom is 0.335 e. The van der Waals surface area contributed by atoms with Crippen LogP contribution in [0.25, 0.3) is 10.9 Å². The molecule has 3 N–H and O–H groups in total. The Balaban J connectivity index is 1.80. The van der Waals surface area contributed by atoms with E-state index in [-0.39, 0.29) is 5.56 Å². The molecule has 2 aromatic carbocycles. The van der Waals surface area contributed by atoms with Crippen LogP contribution in [0.15, 0.2) is 54.7 Å². The Hall–Kier alpha value is -3.41. The van der Waals surface area contributed by atoms with Gasteiger partial charge in [0.15, 0.2) is 0 Å². The highest BCUT2D eigenvalue weighted by molar-refractivity contribution is 6.48. The van der Waals surface area contributed by atoms with E-state index in [0.717, 1.165) is 5.52 Å². The van der Waals surface area contributed by atoms with Crippen LogP contribution < -0.4 is 5.32 Å². The van der Waals surface area contributed by atoms with Crippen LogP contribution in [-0.2, 0) is 4.79 Å². The molecule has 0 saturated carbocycles. The van der Waals surface area contributed by atoms with Crippen molar-refractivity contribution in [3.8, 4) is 0 Å². The fourth-order valence-electron chi connectivity index (χ4n) is 2.27. The quantitative estimate of drug-likeness (QED) is 0.509. The highest BCUT2D eigenvalue weighted by Crippen LogP contribution is 2.19. The first-order valence-electron chi connectivity index (χ1n) is 6.81. The largest absolute Gasteiger partial charge is 0.478 e. The highest BCUT2D eigenvalue weighted by atomic mass is 16.4. The number of para-hydroxylation sites is 1. The van der Waals surface area contributed by atoms with Gasteiger partial charge in [-0.1, -0.05) is 18.2 Å². The number of Topliss-reactive ketones (excluding diaryl/α,β-unsaturated/α-hetero) is 1. The molecule has 0 radical (unpaired) electrons. The number of nitrogens with one attached hydrogen (secondary N) is 2. The molecule has 3 rings (SSSR count). The number of H-pyrrole nitrogens is 1. The van der Waals surface area contributed by atoms with Crippen LogP contribution in [-0.4, -0.2) is 27.8 Å². The van der Waals surface area contributed by atoms with E-state index in [1.165, 1.54) is 30.5 Å². The van der Waals surface area contributed by atoms with Gasteiger partial charge in [0.2, 0.25) is 0 Å². The van der Waals surface area contributed by atoms with E-state index in [1.807, 2.05) is 12.1 Å². The number of carbonyl (C=O) groups excluding carboxylic acids is 2. The minimum absolute atomic E-state index is 0.103. The number of benzene rings is 2. The molecule has 0 unspecified atom stereocenters. The zero-order valence-corrected chi connectivity index (χ0v) is 11.9. The summed E-state index contributed by atoms with van der Waals surface area (Å²) in [6.45, 7) is 0. The van der Waals surface area contributed by atoms with Crippen molar-refractivity contribution in [2.45, 2.75) is 0 Å². The smallest absolute Gasteiger partial charge is 0.335 e. The Bertz CT molecular complexity index is 910. The van der Waals surface area contributed by atoms with Crippen molar-refractivity contribution in [3.05, 3.63) is 65.9 Å². The van der Waals surface area contributed by atoms with E-state index in [4.69, 9.17) is 5.11 Å². The van der Waals surface area contributed by atoms with Gasteiger partial charge in [0.1, 0.15) is 0 Å². The second-order valence-corrected chi connectivity index (χ2v) is 4.91. The van der Waals surface area contributed by atoms with E-state index in [1.54, 1.807) is 12.1 Å². The molecular formula is C17H12N2O4. The lowest BCUT2D eigenvalue weighted by atomic mass is 10.1. The van der Waals surface area contributed by atoms with Gasteiger partial charge in [0.05, 0.1) is 11.1 Å². The summed E-state index contributed by atoms with van der Waals surface area (Å²) in [5.41, 5.74) is 1.52. The number of carboxylic acid groups (broad SMARTS) is 1. The fraction of sp³-hybridized carbons (Fsp3) is 0. The Morgan fingerprint density at radius 2 is 1.65 bits per heavy atom. The molecule has 0 atom stereocenters. The molecule has 1 heterocycles. The Morgan fingerprint density at radius 1 is 0.957 bits per heavy atom. The lowest BCUT2D eigenvalue weighted by Gasteiger charge is -2.04. The molecule has 114 valence electrons. The van der Waals surface area contributed by atoms with Gasteiger partial charge >= 0.3 is 5.97 Å². The van der Waals surface area contributed by atoms with Gasteiger partial charge in [0, 0.05) is 22.8 Å². The first-order valence-corrected chi connectivity index (χ1v) is 6.81. The monoisotopic (exact) mass is 308 g/mol. The molecule has 0 saturated heterocycles. The van der Waals surface area contributed by atoms with Gasteiger partial charge in [-0.05, 0) is 30.3 Å². The third-order valence-corrected chi connectivity index (χ3v) is 3.43. The molecule has 0 fully saturated rings. The molecule has 1 amide bonds. The van der Waals surface area contributed by atoms with E-state index in [9.17, 15) is 14.4 Å². The van der Waals surface area contributed by atoms with Crippen LogP contribution in [0.4, 0.5) is 5.69 Å². The van der Waals surface area contributed by atoms with Crippen molar-refractivity contribution >= 4 is 34.3 Å². The van der Waals surface area contributed by atoms with Gasteiger partial charge in [0.25, 0.3) is 11.7 Å². The van der Waals surface area contributed by atoms with Gasteiger partial charge in [-0.15, -0.1) is 0 Å². The second kappa shape index (κ2) is 5.76. The molecule has 6 nitrogen and oxygen atoms in total. The minimum atomic E-state index is -1.06. The Kier molecular flexibility index (Phi) is 3.64. The van der Waals surface area contributed by atoms with Crippen LogP contribution in [0.5, 0.6) is 0 Å². The number of carbonyl (C=O) groups is 3. The fourth-order valence-corrected chi connectivity index (χ4v) is 2.27. The molecule has 0 aliphatic rings. The van der Waals surface area contributed by atoms with E-state index in [0.29, 0.717) is 16.6 Å². The molecule has 0 spiro atoms. The number of anilines is 1. The van der Waals surface area contributed by atoms with Crippen molar-refractivity contribution < 1.29 is 19.5 Å². The summed E-state index contributed by atoms with van der Waals surface area (Å²) < 4.78 is 0. The summed E-state index contributed by atoms with van der Waals surface area (Å²) in [7, 11) is 0. The summed E-state index contributed by atoms with van der Waals surface area (Å²) in [6, 6.07) is 12.8. The molecule has 0 bridgehead atoms.